The van der Waals surface area contributed by atoms with Crippen molar-refractivity contribution >= 4 is 5.97 Å². The van der Waals surface area contributed by atoms with Gasteiger partial charge in [0.05, 0.1) is 16.9 Å². The quantitative estimate of drug-likeness (QED) is 0.765. The minimum Gasteiger partial charge on any atom is -0.481 e. The fraction of sp³-hybridized carbons (Fsp3) is 0.462. The Morgan fingerprint density at radius 2 is 1.71 bits per heavy atom. The number of hydrogen-bond acceptors (Lipinski definition) is 3. The number of carboxylic acids is 1. The molecule has 0 spiro atoms. The molecule has 1 heterocycles. The van der Waals surface area contributed by atoms with E-state index in [1.165, 1.54) is 12.1 Å². The maximum absolute atomic E-state index is 13.3. The maximum atomic E-state index is 13.3. The molecule has 1 N–H and O–H groups in total. The van der Waals surface area contributed by atoms with Gasteiger partial charge in [-0.1, -0.05) is 49.4 Å². The third-order valence-electron chi connectivity index (χ3n) is 7.75. The zero-order chi connectivity index (χ0) is 22.1. The van der Waals surface area contributed by atoms with Gasteiger partial charge in [0.15, 0.2) is 0 Å². The van der Waals surface area contributed by atoms with E-state index >= 15 is 0 Å². The van der Waals surface area contributed by atoms with Crippen molar-refractivity contribution in [1.82, 2.24) is 4.90 Å². The Morgan fingerprint density at radius 3 is 2.26 bits per heavy atom. The number of carbonyl (C=O) groups is 1. The Morgan fingerprint density at radius 1 is 1.06 bits per heavy atom. The van der Waals surface area contributed by atoms with E-state index in [-0.39, 0.29) is 11.7 Å². The van der Waals surface area contributed by atoms with E-state index in [0.717, 1.165) is 49.9 Å². The van der Waals surface area contributed by atoms with Crippen molar-refractivity contribution in [2.45, 2.75) is 55.9 Å². The van der Waals surface area contributed by atoms with Gasteiger partial charge in [-0.2, -0.15) is 5.26 Å². The van der Waals surface area contributed by atoms with E-state index in [1.807, 2.05) is 37.3 Å². The first-order valence-corrected chi connectivity index (χ1v) is 11.1. The van der Waals surface area contributed by atoms with Crippen molar-refractivity contribution in [1.29, 1.82) is 5.26 Å². The van der Waals surface area contributed by atoms with Crippen LogP contribution in [0.15, 0.2) is 54.6 Å². The minimum absolute atomic E-state index is 0.0131. The zero-order valence-electron chi connectivity index (χ0n) is 17.9. The van der Waals surface area contributed by atoms with E-state index in [1.54, 1.807) is 12.1 Å². The van der Waals surface area contributed by atoms with Gasteiger partial charge in [0.2, 0.25) is 0 Å². The van der Waals surface area contributed by atoms with Gasteiger partial charge in [-0.15, -0.1) is 0 Å². The number of likely N-dealkylation sites (tertiary alicyclic amines) is 1. The molecule has 4 nitrogen and oxygen atoms in total. The van der Waals surface area contributed by atoms with E-state index < -0.39 is 16.8 Å². The molecule has 0 bridgehead atoms. The lowest BCUT2D eigenvalue weighted by Crippen LogP contribution is -2.56. The molecular weight excluding hydrogens is 391 g/mol. The number of nitrogens with zero attached hydrogens (tertiary/aromatic N) is 2. The van der Waals surface area contributed by atoms with Crippen molar-refractivity contribution in [3.05, 3.63) is 71.5 Å². The van der Waals surface area contributed by atoms with Crippen LogP contribution < -0.4 is 0 Å². The smallest absolute Gasteiger partial charge is 0.314 e. The first-order valence-electron chi connectivity index (χ1n) is 11.1. The van der Waals surface area contributed by atoms with Crippen LogP contribution in [-0.2, 0) is 15.6 Å². The summed E-state index contributed by atoms with van der Waals surface area (Å²) in [6.07, 6.45) is 3.86. The Balaban J connectivity index is 1.47. The monoisotopic (exact) mass is 420 g/mol. The minimum atomic E-state index is -0.850. The van der Waals surface area contributed by atoms with Crippen molar-refractivity contribution in [3.8, 4) is 6.07 Å². The molecule has 2 aliphatic rings. The summed E-state index contributed by atoms with van der Waals surface area (Å²) >= 11 is 0. The third-order valence-corrected chi connectivity index (χ3v) is 7.75. The summed E-state index contributed by atoms with van der Waals surface area (Å²) in [5.41, 5.74) is 0.381. The van der Waals surface area contributed by atoms with Crippen molar-refractivity contribution < 1.29 is 14.3 Å². The molecule has 2 atom stereocenters. The van der Waals surface area contributed by atoms with Crippen LogP contribution in [0.4, 0.5) is 4.39 Å². The van der Waals surface area contributed by atoms with Crippen LogP contribution in [-0.4, -0.2) is 35.1 Å². The van der Waals surface area contributed by atoms with Crippen LogP contribution in [0.25, 0.3) is 0 Å². The molecule has 5 heteroatoms. The second-order valence-electron chi connectivity index (χ2n) is 9.22. The van der Waals surface area contributed by atoms with Crippen LogP contribution in [0.3, 0.4) is 0 Å². The number of aliphatic carboxylic acids is 1. The molecule has 1 saturated carbocycles. The summed E-state index contributed by atoms with van der Waals surface area (Å²) in [5.74, 6) is -1.04. The topological polar surface area (TPSA) is 64.3 Å². The number of nitriles is 1. The summed E-state index contributed by atoms with van der Waals surface area (Å²) in [6, 6.07) is 18.8. The highest BCUT2D eigenvalue weighted by Crippen LogP contribution is 2.44. The van der Waals surface area contributed by atoms with E-state index in [9.17, 15) is 19.6 Å². The summed E-state index contributed by atoms with van der Waals surface area (Å²) in [4.78, 5) is 14.8. The summed E-state index contributed by atoms with van der Waals surface area (Å²) in [6.45, 7) is 3.53. The lowest BCUT2D eigenvalue weighted by molar-refractivity contribution is -0.149. The molecule has 2 aromatic carbocycles. The van der Waals surface area contributed by atoms with Crippen molar-refractivity contribution in [2.75, 3.05) is 13.1 Å². The highest BCUT2D eigenvalue weighted by Gasteiger charge is 2.50. The zero-order valence-corrected chi connectivity index (χ0v) is 17.9. The van der Waals surface area contributed by atoms with Gasteiger partial charge >= 0.3 is 5.97 Å². The molecule has 162 valence electrons. The number of piperidine rings is 1. The molecule has 1 aliphatic carbocycles. The second kappa shape index (κ2) is 8.43. The standard InChI is InChI=1S/C26H29FN2O2/c1-19-17-29(16-15-26(19,24(30)31)21-5-3-2-4-6-21)23-11-13-25(18-28,14-12-23)20-7-9-22(27)10-8-20/h2-10,19,23H,11-17H2,1H3,(H,30,31)/t19?,23?,25?,26-/m1/s1. The van der Waals surface area contributed by atoms with Crippen LogP contribution in [0, 0.1) is 23.1 Å². The van der Waals surface area contributed by atoms with Gasteiger partial charge in [-0.05, 0) is 67.8 Å². The fourth-order valence-corrected chi connectivity index (χ4v) is 5.80. The number of hydrogen-bond donors (Lipinski definition) is 1. The normalized spacial score (nSPS) is 31.6. The Bertz CT molecular complexity index is 961. The molecule has 0 aromatic heterocycles. The lowest BCUT2D eigenvalue weighted by atomic mass is 9.65. The van der Waals surface area contributed by atoms with E-state index in [4.69, 9.17) is 0 Å². The molecule has 31 heavy (non-hydrogen) atoms. The van der Waals surface area contributed by atoms with Gasteiger partial charge < -0.3 is 10.0 Å². The molecular formula is C26H29FN2O2. The van der Waals surface area contributed by atoms with Gasteiger partial charge in [0.25, 0.3) is 0 Å². The average molecular weight is 421 g/mol. The molecule has 2 aromatic rings. The van der Waals surface area contributed by atoms with Gasteiger partial charge in [0, 0.05) is 12.6 Å². The first kappa shape index (κ1) is 21.5. The van der Waals surface area contributed by atoms with Crippen molar-refractivity contribution in [3.63, 3.8) is 0 Å². The van der Waals surface area contributed by atoms with E-state index in [0.29, 0.717) is 12.5 Å². The van der Waals surface area contributed by atoms with Crippen molar-refractivity contribution in [2.24, 2.45) is 5.92 Å². The molecule has 1 saturated heterocycles. The summed E-state index contributed by atoms with van der Waals surface area (Å²) in [5, 5.41) is 20.1. The maximum Gasteiger partial charge on any atom is 0.314 e. The number of benzene rings is 2. The van der Waals surface area contributed by atoms with Crippen LogP contribution in [0.2, 0.25) is 0 Å². The fourth-order valence-electron chi connectivity index (χ4n) is 5.80. The SMILES string of the molecule is CC1CN(C2CCC(C#N)(c3ccc(F)cc3)CC2)CC[C@]1(C(=O)O)c1ccccc1. The molecule has 0 radical (unpaired) electrons. The Labute approximate surface area is 183 Å². The number of carboxylic acid groups (broad SMARTS) is 1. The summed E-state index contributed by atoms with van der Waals surface area (Å²) < 4.78 is 13.3. The number of halogens is 1. The van der Waals surface area contributed by atoms with E-state index in [2.05, 4.69) is 11.0 Å². The molecule has 4 rings (SSSR count). The van der Waals surface area contributed by atoms with Gasteiger partial charge in [0.1, 0.15) is 5.82 Å². The second-order valence-corrected chi connectivity index (χ2v) is 9.22. The molecule has 2 fully saturated rings. The lowest BCUT2D eigenvalue weighted by Gasteiger charge is -2.48. The van der Waals surface area contributed by atoms with Gasteiger partial charge in [-0.3, -0.25) is 4.79 Å². The summed E-state index contributed by atoms with van der Waals surface area (Å²) in [7, 11) is 0. The highest BCUT2D eigenvalue weighted by atomic mass is 19.1. The van der Waals surface area contributed by atoms with Crippen LogP contribution >= 0.6 is 0 Å². The molecule has 1 aliphatic heterocycles. The third kappa shape index (κ3) is 3.74. The first-order chi connectivity index (χ1) is 14.9. The van der Waals surface area contributed by atoms with Gasteiger partial charge in [-0.25, -0.2) is 4.39 Å². The molecule has 1 unspecified atom stereocenters. The Hall–Kier alpha value is -2.71. The number of rotatable bonds is 4. The largest absolute Gasteiger partial charge is 0.481 e. The van der Waals surface area contributed by atoms with Crippen LogP contribution in [0.1, 0.15) is 50.2 Å². The molecule has 0 amide bonds. The average Bonchev–Trinajstić information content (AvgIpc) is 2.80. The van der Waals surface area contributed by atoms with Crippen LogP contribution in [0.5, 0.6) is 0 Å². The highest BCUT2D eigenvalue weighted by molar-refractivity contribution is 5.82. The Kier molecular flexibility index (Phi) is 5.85. The predicted octanol–water partition coefficient (Wildman–Crippen LogP) is 4.89. The predicted molar refractivity (Wildman–Crippen MR) is 117 cm³/mol.